The second-order valence-corrected chi connectivity index (χ2v) is 7.21. The Labute approximate surface area is 136 Å². The van der Waals surface area contributed by atoms with Crippen LogP contribution in [0.1, 0.15) is 5.56 Å². The second-order valence-electron chi connectivity index (χ2n) is 4.22. The Morgan fingerprint density at radius 2 is 2.05 bits per heavy atom. The highest BCUT2D eigenvalue weighted by atomic mass is 79.9. The predicted molar refractivity (Wildman–Crippen MR) is 85.5 cm³/mol. The fourth-order valence-corrected chi connectivity index (χ4v) is 3.47. The Morgan fingerprint density at radius 1 is 1.33 bits per heavy atom. The number of sulfonamides is 1. The first-order valence-electron chi connectivity index (χ1n) is 5.82. The number of rotatable bonds is 4. The van der Waals surface area contributed by atoms with Crippen LogP contribution in [0, 0.1) is 6.92 Å². The molecule has 0 saturated carbocycles. The van der Waals surface area contributed by atoms with Crippen molar-refractivity contribution in [3.8, 4) is 5.75 Å². The quantitative estimate of drug-likeness (QED) is 0.808. The van der Waals surface area contributed by atoms with Crippen LogP contribution in [0.2, 0.25) is 5.15 Å². The fraction of sp³-hybridized carbons (Fsp3) is 0.154. The van der Waals surface area contributed by atoms with E-state index in [1.165, 1.54) is 25.4 Å². The number of anilines is 1. The predicted octanol–water partition coefficient (Wildman–Crippen LogP) is 3.62. The van der Waals surface area contributed by atoms with Gasteiger partial charge in [-0.05, 0) is 36.8 Å². The van der Waals surface area contributed by atoms with E-state index in [2.05, 4.69) is 25.6 Å². The zero-order chi connectivity index (χ0) is 15.6. The number of benzene rings is 1. The average molecular weight is 392 g/mol. The Bertz CT molecular complexity index is 764. The number of halogens is 2. The topological polar surface area (TPSA) is 68.3 Å². The van der Waals surface area contributed by atoms with E-state index in [-0.39, 0.29) is 10.0 Å². The molecule has 0 atom stereocenters. The van der Waals surface area contributed by atoms with Crippen molar-refractivity contribution < 1.29 is 13.2 Å². The molecule has 112 valence electrons. The molecule has 0 spiro atoms. The number of pyridine rings is 1. The number of methoxy groups -OCH3 is 1. The first-order chi connectivity index (χ1) is 9.83. The van der Waals surface area contributed by atoms with E-state index in [4.69, 9.17) is 16.3 Å². The number of aromatic nitrogens is 1. The molecule has 2 aromatic rings. The highest BCUT2D eigenvalue weighted by molar-refractivity contribution is 9.10. The smallest absolute Gasteiger partial charge is 0.263 e. The first-order valence-corrected chi connectivity index (χ1v) is 8.47. The van der Waals surface area contributed by atoms with Crippen LogP contribution in [0.15, 0.2) is 39.8 Å². The summed E-state index contributed by atoms with van der Waals surface area (Å²) in [6.45, 7) is 1.78. The van der Waals surface area contributed by atoms with E-state index in [0.29, 0.717) is 11.4 Å². The maximum absolute atomic E-state index is 12.4. The number of nitrogens with zero attached hydrogens (tertiary/aromatic N) is 1. The molecule has 0 saturated heterocycles. The molecule has 5 nitrogen and oxygen atoms in total. The lowest BCUT2D eigenvalue weighted by Gasteiger charge is -2.14. The number of ether oxygens (including phenoxy) is 1. The lowest BCUT2D eigenvalue weighted by Crippen LogP contribution is -2.14. The van der Waals surface area contributed by atoms with Crippen LogP contribution in [0.25, 0.3) is 0 Å². The van der Waals surface area contributed by atoms with Gasteiger partial charge in [-0.1, -0.05) is 27.5 Å². The first kappa shape index (κ1) is 16.1. The summed E-state index contributed by atoms with van der Waals surface area (Å²) in [6, 6.07) is 6.28. The summed E-state index contributed by atoms with van der Waals surface area (Å²) in [5, 5.41) is 0.228. The van der Waals surface area contributed by atoms with Gasteiger partial charge in [-0.15, -0.1) is 0 Å². The standard InChI is InChI=1S/C13H12BrClN2O3S/c1-8-5-9(14)6-11(20-2)13(8)17-21(18,19)10-3-4-12(15)16-7-10/h3-7,17H,1-2H3. The molecule has 2 rings (SSSR count). The highest BCUT2D eigenvalue weighted by Crippen LogP contribution is 2.33. The zero-order valence-corrected chi connectivity index (χ0v) is 14.4. The molecule has 0 aliphatic carbocycles. The highest BCUT2D eigenvalue weighted by Gasteiger charge is 2.19. The van der Waals surface area contributed by atoms with Gasteiger partial charge in [-0.25, -0.2) is 13.4 Å². The maximum atomic E-state index is 12.4. The minimum absolute atomic E-state index is 0.0243. The van der Waals surface area contributed by atoms with E-state index in [1.54, 1.807) is 19.1 Å². The third kappa shape index (κ3) is 3.66. The van der Waals surface area contributed by atoms with E-state index >= 15 is 0 Å². The molecular weight excluding hydrogens is 380 g/mol. The number of nitrogens with one attached hydrogen (secondary N) is 1. The molecule has 0 fully saturated rings. The van der Waals surface area contributed by atoms with Crippen molar-refractivity contribution in [1.29, 1.82) is 0 Å². The molecule has 0 amide bonds. The summed E-state index contributed by atoms with van der Waals surface area (Å²) in [5.74, 6) is 0.423. The third-order valence-electron chi connectivity index (χ3n) is 2.73. The fourth-order valence-electron chi connectivity index (χ4n) is 1.72. The van der Waals surface area contributed by atoms with Gasteiger partial charge in [0.05, 0.1) is 12.8 Å². The summed E-state index contributed by atoms with van der Waals surface area (Å²) in [6.07, 6.45) is 1.20. The van der Waals surface area contributed by atoms with E-state index in [1.807, 2.05) is 0 Å². The summed E-state index contributed by atoms with van der Waals surface area (Å²) < 4.78 is 33.2. The summed E-state index contributed by atoms with van der Waals surface area (Å²) in [7, 11) is -2.29. The van der Waals surface area contributed by atoms with Crippen molar-refractivity contribution in [2.75, 3.05) is 11.8 Å². The monoisotopic (exact) mass is 390 g/mol. The summed E-state index contributed by atoms with van der Waals surface area (Å²) in [5.41, 5.74) is 1.11. The van der Waals surface area contributed by atoms with E-state index < -0.39 is 10.0 Å². The molecule has 1 aromatic heterocycles. The van der Waals surface area contributed by atoms with E-state index in [9.17, 15) is 8.42 Å². The van der Waals surface area contributed by atoms with Crippen molar-refractivity contribution in [1.82, 2.24) is 4.98 Å². The van der Waals surface area contributed by atoms with Gasteiger partial charge in [-0.2, -0.15) is 0 Å². The van der Waals surface area contributed by atoms with Crippen LogP contribution < -0.4 is 9.46 Å². The Hall–Kier alpha value is -1.31. The maximum Gasteiger partial charge on any atom is 0.263 e. The Balaban J connectivity index is 2.44. The largest absolute Gasteiger partial charge is 0.495 e. The van der Waals surface area contributed by atoms with Gasteiger partial charge in [0, 0.05) is 10.7 Å². The Morgan fingerprint density at radius 3 is 2.62 bits per heavy atom. The van der Waals surface area contributed by atoms with Crippen molar-refractivity contribution in [3.05, 3.63) is 45.7 Å². The Kier molecular flexibility index (Phi) is 4.75. The minimum Gasteiger partial charge on any atom is -0.495 e. The van der Waals surface area contributed by atoms with Crippen molar-refractivity contribution in [3.63, 3.8) is 0 Å². The molecule has 1 heterocycles. The van der Waals surface area contributed by atoms with Gasteiger partial charge < -0.3 is 4.74 Å². The van der Waals surface area contributed by atoms with Crippen LogP contribution in [0.3, 0.4) is 0 Å². The molecule has 1 N–H and O–H groups in total. The van der Waals surface area contributed by atoms with Crippen LogP contribution in [-0.2, 0) is 10.0 Å². The molecule has 8 heteroatoms. The molecular formula is C13H12BrClN2O3S. The van der Waals surface area contributed by atoms with Gasteiger partial charge in [0.25, 0.3) is 10.0 Å². The molecule has 21 heavy (non-hydrogen) atoms. The molecule has 0 aliphatic heterocycles. The SMILES string of the molecule is COc1cc(Br)cc(C)c1NS(=O)(=O)c1ccc(Cl)nc1. The van der Waals surface area contributed by atoms with Gasteiger partial charge in [0.1, 0.15) is 15.8 Å². The summed E-state index contributed by atoms with van der Waals surface area (Å²) in [4.78, 5) is 3.80. The third-order valence-corrected chi connectivity index (χ3v) is 4.75. The lowest BCUT2D eigenvalue weighted by atomic mass is 10.2. The van der Waals surface area contributed by atoms with Crippen molar-refractivity contribution in [2.24, 2.45) is 0 Å². The van der Waals surface area contributed by atoms with Gasteiger partial charge in [-0.3, -0.25) is 4.72 Å². The van der Waals surface area contributed by atoms with Crippen LogP contribution in [0.4, 0.5) is 5.69 Å². The minimum atomic E-state index is -3.76. The van der Waals surface area contributed by atoms with E-state index in [0.717, 1.165) is 10.0 Å². The van der Waals surface area contributed by atoms with Gasteiger partial charge in [0.2, 0.25) is 0 Å². The van der Waals surface area contributed by atoms with Crippen molar-refractivity contribution >= 4 is 43.2 Å². The lowest BCUT2D eigenvalue weighted by molar-refractivity contribution is 0.416. The van der Waals surface area contributed by atoms with Gasteiger partial charge >= 0.3 is 0 Å². The zero-order valence-electron chi connectivity index (χ0n) is 11.2. The molecule has 0 unspecified atom stereocenters. The number of hydrogen-bond donors (Lipinski definition) is 1. The molecule has 0 radical (unpaired) electrons. The molecule has 0 bridgehead atoms. The van der Waals surface area contributed by atoms with Crippen LogP contribution in [-0.4, -0.2) is 20.5 Å². The second kappa shape index (κ2) is 6.21. The van der Waals surface area contributed by atoms with Crippen molar-refractivity contribution in [2.45, 2.75) is 11.8 Å². The molecule has 1 aromatic carbocycles. The average Bonchev–Trinajstić information content (AvgIpc) is 2.42. The molecule has 0 aliphatic rings. The van der Waals surface area contributed by atoms with Gasteiger partial charge in [0.15, 0.2) is 0 Å². The van der Waals surface area contributed by atoms with Crippen LogP contribution >= 0.6 is 27.5 Å². The number of hydrogen-bond acceptors (Lipinski definition) is 4. The van der Waals surface area contributed by atoms with Crippen LogP contribution in [0.5, 0.6) is 5.75 Å². The normalized spacial score (nSPS) is 11.2. The summed E-state index contributed by atoms with van der Waals surface area (Å²) >= 11 is 9.00. The number of aryl methyl sites for hydroxylation is 1.